The molecule has 2 heterocycles. The molecule has 0 spiro atoms. The molecule has 6 heteroatoms. The lowest BCUT2D eigenvalue weighted by Crippen LogP contribution is -2.04. The highest BCUT2D eigenvalue weighted by molar-refractivity contribution is 5.98. The zero-order valence-corrected chi connectivity index (χ0v) is 17.9. The molecule has 0 aromatic heterocycles. The summed E-state index contributed by atoms with van der Waals surface area (Å²) in [5, 5.41) is 9.98. The Morgan fingerprint density at radius 2 is 1.59 bits per heavy atom. The van der Waals surface area contributed by atoms with Crippen LogP contribution in [-0.2, 0) is 6.54 Å². The maximum atomic E-state index is 13.4. The summed E-state index contributed by atoms with van der Waals surface area (Å²) in [4.78, 5) is 0. The van der Waals surface area contributed by atoms with Gasteiger partial charge in [-0.1, -0.05) is 12.1 Å². The third-order valence-electron chi connectivity index (χ3n) is 5.52. The van der Waals surface area contributed by atoms with Gasteiger partial charge in [0, 0.05) is 29.3 Å². The molecule has 0 unspecified atom stereocenters. The van der Waals surface area contributed by atoms with E-state index >= 15 is 0 Å². The van der Waals surface area contributed by atoms with Crippen molar-refractivity contribution in [2.24, 2.45) is 0 Å². The Bertz CT molecular complexity index is 1340. The first-order valence-electron chi connectivity index (χ1n) is 10.5. The van der Waals surface area contributed by atoms with Crippen LogP contribution < -0.4 is 9.47 Å². The summed E-state index contributed by atoms with van der Waals surface area (Å²) in [6.45, 7) is 3.17. The average molecular weight is 427 g/mol. The topological polar surface area (TPSA) is 49.2 Å². The van der Waals surface area contributed by atoms with Gasteiger partial charge in [-0.15, -0.1) is 10.2 Å². The summed E-state index contributed by atoms with van der Waals surface area (Å²) in [6, 6.07) is 20.4. The van der Waals surface area contributed by atoms with Crippen LogP contribution >= 0.6 is 0 Å². The van der Waals surface area contributed by atoms with E-state index in [0.717, 1.165) is 50.5 Å². The number of hydrogen-bond acceptors (Lipinski definition) is 4. The van der Waals surface area contributed by atoms with Gasteiger partial charge in [0.1, 0.15) is 28.7 Å². The number of rotatable bonds is 6. The monoisotopic (exact) mass is 427 g/mol. The lowest BCUT2D eigenvalue weighted by Gasteiger charge is -2.16. The van der Waals surface area contributed by atoms with Crippen LogP contribution in [0.15, 0.2) is 72.9 Å². The molecule has 0 atom stereocenters. The standard InChI is InChI=1S/C26H22FN3O2/c1-3-32-20-10-6-18(7-11-20)25-23-16-30(15-17-4-8-19(27)9-5-17)24-13-12-21(31-2)14-22(24)26(23)29-28-25/h4-14,16H,3,15H2,1-2H3. The summed E-state index contributed by atoms with van der Waals surface area (Å²) in [5.74, 6) is 1.33. The molecule has 3 aromatic rings. The second kappa shape index (κ2) is 8.30. The highest BCUT2D eigenvalue weighted by Gasteiger charge is 2.21. The minimum Gasteiger partial charge on any atom is -0.497 e. The van der Waals surface area contributed by atoms with E-state index in [1.807, 2.05) is 49.4 Å². The Kier molecular flexibility index (Phi) is 5.19. The van der Waals surface area contributed by atoms with Gasteiger partial charge >= 0.3 is 0 Å². The van der Waals surface area contributed by atoms with Gasteiger partial charge in [-0.3, -0.25) is 0 Å². The number of aromatic nitrogens is 3. The lowest BCUT2D eigenvalue weighted by molar-refractivity contribution is 0.340. The second-order valence-corrected chi connectivity index (χ2v) is 7.53. The number of fused-ring (bicyclic) bond motifs is 3. The van der Waals surface area contributed by atoms with Crippen LogP contribution in [-0.4, -0.2) is 28.5 Å². The molecular weight excluding hydrogens is 405 g/mol. The molecule has 5 nitrogen and oxygen atoms in total. The first kappa shape index (κ1) is 20.0. The molecule has 0 radical (unpaired) electrons. The van der Waals surface area contributed by atoms with Crippen molar-refractivity contribution in [3.63, 3.8) is 0 Å². The van der Waals surface area contributed by atoms with E-state index in [2.05, 4.69) is 21.0 Å². The van der Waals surface area contributed by atoms with Gasteiger partial charge in [-0.25, -0.2) is 4.39 Å². The van der Waals surface area contributed by atoms with Gasteiger partial charge in [0.2, 0.25) is 0 Å². The summed E-state index contributed by atoms with van der Waals surface area (Å²) in [6.07, 6.45) is 2.07. The van der Waals surface area contributed by atoms with Crippen LogP contribution in [0.25, 0.3) is 33.4 Å². The van der Waals surface area contributed by atoms with E-state index in [9.17, 15) is 4.39 Å². The quantitative estimate of drug-likeness (QED) is 0.344. The summed E-state index contributed by atoms with van der Waals surface area (Å²) in [7, 11) is 1.65. The first-order chi connectivity index (χ1) is 15.7. The zero-order valence-electron chi connectivity index (χ0n) is 17.9. The van der Waals surface area contributed by atoms with Crippen LogP contribution in [0, 0.1) is 5.82 Å². The molecule has 0 saturated carbocycles. The van der Waals surface area contributed by atoms with Crippen molar-refractivity contribution in [2.75, 3.05) is 13.7 Å². The molecule has 0 saturated heterocycles. The summed E-state index contributed by atoms with van der Waals surface area (Å²) >= 11 is 0. The molecule has 0 N–H and O–H groups in total. The van der Waals surface area contributed by atoms with Gasteiger partial charge in [-0.05, 0) is 67.1 Å². The number of benzene rings is 3. The number of ether oxygens (including phenoxy) is 2. The van der Waals surface area contributed by atoms with E-state index in [-0.39, 0.29) is 5.82 Å². The second-order valence-electron chi connectivity index (χ2n) is 7.53. The van der Waals surface area contributed by atoms with Crippen LogP contribution in [0.5, 0.6) is 11.5 Å². The number of pyridine rings is 1. The Labute approximate surface area is 185 Å². The van der Waals surface area contributed by atoms with Crippen LogP contribution in [0.1, 0.15) is 12.5 Å². The third kappa shape index (κ3) is 3.64. The van der Waals surface area contributed by atoms with Crippen molar-refractivity contribution in [1.29, 1.82) is 0 Å². The van der Waals surface area contributed by atoms with Crippen LogP contribution in [0.3, 0.4) is 0 Å². The molecule has 5 rings (SSSR count). The number of methoxy groups -OCH3 is 1. The Hall–Kier alpha value is -3.93. The van der Waals surface area contributed by atoms with Crippen molar-refractivity contribution < 1.29 is 13.9 Å². The zero-order chi connectivity index (χ0) is 22.1. The van der Waals surface area contributed by atoms with E-state index in [0.29, 0.717) is 13.2 Å². The first-order valence-corrected chi connectivity index (χ1v) is 10.5. The molecule has 160 valence electrons. The van der Waals surface area contributed by atoms with E-state index < -0.39 is 0 Å². The molecule has 3 aromatic carbocycles. The normalized spacial score (nSPS) is 11.2. The minimum atomic E-state index is -0.244. The van der Waals surface area contributed by atoms with Gasteiger partial charge in [0.25, 0.3) is 0 Å². The fourth-order valence-corrected chi connectivity index (χ4v) is 3.96. The molecule has 32 heavy (non-hydrogen) atoms. The molecular formula is C26H22FN3O2. The van der Waals surface area contributed by atoms with Gasteiger partial charge in [-0.2, -0.15) is 0 Å². The fourth-order valence-electron chi connectivity index (χ4n) is 3.96. The molecule has 0 bridgehead atoms. The van der Waals surface area contributed by atoms with Gasteiger partial charge in [0.05, 0.1) is 19.2 Å². The third-order valence-corrected chi connectivity index (χ3v) is 5.52. The maximum Gasteiger partial charge on any atom is 0.123 e. The van der Waals surface area contributed by atoms with E-state index in [4.69, 9.17) is 9.47 Å². The van der Waals surface area contributed by atoms with Crippen LogP contribution in [0.2, 0.25) is 0 Å². The molecule has 0 aliphatic carbocycles. The summed E-state index contributed by atoms with van der Waals surface area (Å²) in [5.41, 5.74) is 5.53. The number of halogens is 1. The van der Waals surface area contributed by atoms with Crippen LogP contribution in [0.4, 0.5) is 4.39 Å². The highest BCUT2D eigenvalue weighted by atomic mass is 19.1. The fraction of sp³-hybridized carbons (Fsp3) is 0.154. The molecule has 0 amide bonds. The van der Waals surface area contributed by atoms with Crippen molar-refractivity contribution in [3.05, 3.63) is 84.3 Å². The Morgan fingerprint density at radius 3 is 2.31 bits per heavy atom. The predicted octanol–water partition coefficient (Wildman–Crippen LogP) is 5.80. The smallest absolute Gasteiger partial charge is 0.123 e. The van der Waals surface area contributed by atoms with E-state index in [1.165, 1.54) is 12.1 Å². The van der Waals surface area contributed by atoms with Crippen molar-refractivity contribution in [1.82, 2.24) is 14.8 Å². The number of hydrogen-bond donors (Lipinski definition) is 0. The van der Waals surface area contributed by atoms with Crippen molar-refractivity contribution in [2.45, 2.75) is 13.5 Å². The minimum absolute atomic E-state index is 0.244. The average Bonchev–Trinajstić information content (AvgIpc) is 3.25. The Morgan fingerprint density at radius 1 is 0.875 bits per heavy atom. The van der Waals surface area contributed by atoms with Gasteiger partial charge < -0.3 is 14.0 Å². The largest absolute Gasteiger partial charge is 0.497 e. The van der Waals surface area contributed by atoms with Crippen molar-refractivity contribution in [3.8, 4) is 34.0 Å². The number of nitrogens with zero attached hydrogens (tertiary/aromatic N) is 3. The highest BCUT2D eigenvalue weighted by Crippen LogP contribution is 2.38. The predicted molar refractivity (Wildman–Crippen MR) is 123 cm³/mol. The van der Waals surface area contributed by atoms with Crippen molar-refractivity contribution >= 4 is 10.9 Å². The lowest BCUT2D eigenvalue weighted by atomic mass is 10.0. The SMILES string of the molecule is CCOc1ccc(-c2nnc3c4cc(OC)ccc4n(Cc4ccc(F)cc4)cc2-3)cc1. The van der Waals surface area contributed by atoms with Gasteiger partial charge in [0.15, 0.2) is 0 Å². The summed E-state index contributed by atoms with van der Waals surface area (Å²) < 4.78 is 26.6. The van der Waals surface area contributed by atoms with E-state index in [1.54, 1.807) is 19.2 Å². The molecule has 2 aliphatic heterocycles. The Balaban J connectivity index is 1.67. The maximum absolute atomic E-state index is 13.4. The molecule has 2 aliphatic rings. The molecule has 0 fully saturated rings.